The van der Waals surface area contributed by atoms with E-state index in [1.54, 1.807) is 22.1 Å². The molecule has 1 aliphatic rings. The molecule has 0 bridgehead atoms. The molecule has 0 fully saturated rings. The van der Waals surface area contributed by atoms with Gasteiger partial charge >= 0.3 is 6.09 Å². The Morgan fingerprint density at radius 2 is 1.90 bits per heavy atom. The minimum atomic E-state index is -0.518. The van der Waals surface area contributed by atoms with Gasteiger partial charge in [-0.05, 0) is 50.5 Å². The maximum atomic E-state index is 12.4. The van der Waals surface area contributed by atoms with Crippen LogP contribution in [0.3, 0.4) is 0 Å². The van der Waals surface area contributed by atoms with E-state index in [9.17, 15) is 4.79 Å². The van der Waals surface area contributed by atoms with E-state index in [4.69, 9.17) is 4.74 Å². The molecule has 9 heteroatoms. The zero-order valence-corrected chi connectivity index (χ0v) is 17.4. The summed E-state index contributed by atoms with van der Waals surface area (Å²) in [5, 5.41) is 11.5. The summed E-state index contributed by atoms with van der Waals surface area (Å²) in [7, 11) is 0. The molecule has 1 amide bonds. The smallest absolute Gasteiger partial charge is 0.410 e. The Morgan fingerprint density at radius 3 is 2.60 bits per heavy atom. The molecule has 3 aromatic rings. The monoisotopic (exact) mass is 407 g/mol. The average molecular weight is 407 g/mol. The van der Waals surface area contributed by atoms with Gasteiger partial charge in [-0.15, -0.1) is 0 Å². The van der Waals surface area contributed by atoms with Crippen LogP contribution in [0.2, 0.25) is 0 Å². The van der Waals surface area contributed by atoms with Gasteiger partial charge in [0.05, 0.1) is 31.2 Å². The third-order valence-electron chi connectivity index (χ3n) is 4.60. The van der Waals surface area contributed by atoms with Crippen molar-refractivity contribution in [3.8, 4) is 0 Å². The molecule has 0 atom stereocenters. The predicted molar refractivity (Wildman–Crippen MR) is 111 cm³/mol. The van der Waals surface area contributed by atoms with Crippen LogP contribution in [0.4, 0.5) is 16.4 Å². The van der Waals surface area contributed by atoms with Gasteiger partial charge in [0.25, 0.3) is 0 Å². The van der Waals surface area contributed by atoms with Crippen LogP contribution in [0.15, 0.2) is 42.9 Å². The standard InChI is InChI=1S/C21H25N7O2/c1-21(2,3)30-20(29)27-11-8-16-12-22-19(26-18(16)14-27)25-17-6-4-15(5-7-17)13-28-23-9-10-24-28/h4-7,9-10,12H,8,11,13-14H2,1-3H3,(H,22,25,26). The van der Waals surface area contributed by atoms with E-state index in [1.807, 2.05) is 51.2 Å². The number of hydrogen-bond donors (Lipinski definition) is 1. The van der Waals surface area contributed by atoms with Gasteiger partial charge in [-0.1, -0.05) is 12.1 Å². The Kier molecular flexibility index (Phi) is 5.35. The molecule has 3 heterocycles. The van der Waals surface area contributed by atoms with Gasteiger partial charge in [0.15, 0.2) is 0 Å². The zero-order chi connectivity index (χ0) is 21.1. The predicted octanol–water partition coefficient (Wildman–Crippen LogP) is 3.15. The summed E-state index contributed by atoms with van der Waals surface area (Å²) in [4.78, 5) is 24.7. The summed E-state index contributed by atoms with van der Waals surface area (Å²) < 4.78 is 5.48. The van der Waals surface area contributed by atoms with Crippen LogP contribution in [0, 0.1) is 0 Å². The van der Waals surface area contributed by atoms with Crippen molar-refractivity contribution in [3.05, 3.63) is 59.7 Å². The van der Waals surface area contributed by atoms with Crippen molar-refractivity contribution in [3.63, 3.8) is 0 Å². The lowest BCUT2D eigenvalue weighted by Gasteiger charge is -2.30. The van der Waals surface area contributed by atoms with Gasteiger partial charge in [0.2, 0.25) is 5.95 Å². The number of amides is 1. The second-order valence-corrected chi connectivity index (χ2v) is 8.20. The first-order valence-corrected chi connectivity index (χ1v) is 9.88. The van der Waals surface area contributed by atoms with Crippen LogP contribution < -0.4 is 5.32 Å². The van der Waals surface area contributed by atoms with Crippen LogP contribution in [0.1, 0.15) is 37.6 Å². The maximum Gasteiger partial charge on any atom is 0.410 e. The van der Waals surface area contributed by atoms with Crippen LogP contribution in [-0.4, -0.2) is 48.1 Å². The minimum Gasteiger partial charge on any atom is -0.444 e. The number of aromatic nitrogens is 5. The fourth-order valence-corrected chi connectivity index (χ4v) is 3.16. The van der Waals surface area contributed by atoms with E-state index in [0.717, 1.165) is 22.5 Å². The summed E-state index contributed by atoms with van der Waals surface area (Å²) in [5.41, 5.74) is 3.35. The van der Waals surface area contributed by atoms with Crippen LogP contribution in [-0.2, 0) is 24.2 Å². The van der Waals surface area contributed by atoms with Gasteiger partial charge in [-0.2, -0.15) is 15.0 Å². The fraction of sp³-hybridized carbons (Fsp3) is 0.381. The number of carbonyl (C=O) groups excluding carboxylic acids is 1. The second kappa shape index (κ2) is 8.10. The Balaban J connectivity index is 1.42. The summed E-state index contributed by atoms with van der Waals surface area (Å²) in [6.07, 6.45) is 5.55. The largest absolute Gasteiger partial charge is 0.444 e. The van der Waals surface area contributed by atoms with Crippen molar-refractivity contribution in [2.24, 2.45) is 0 Å². The van der Waals surface area contributed by atoms with Crippen LogP contribution in [0.5, 0.6) is 0 Å². The average Bonchev–Trinajstić information content (AvgIpc) is 3.21. The fourth-order valence-electron chi connectivity index (χ4n) is 3.16. The highest BCUT2D eigenvalue weighted by Gasteiger charge is 2.26. The minimum absolute atomic E-state index is 0.316. The molecule has 0 unspecified atom stereocenters. The highest BCUT2D eigenvalue weighted by Crippen LogP contribution is 2.21. The van der Waals surface area contributed by atoms with Crippen LogP contribution in [0.25, 0.3) is 0 Å². The molecule has 2 aromatic heterocycles. The molecule has 0 saturated heterocycles. The summed E-state index contributed by atoms with van der Waals surface area (Å²) in [6.45, 7) is 7.22. The lowest BCUT2D eigenvalue weighted by molar-refractivity contribution is 0.0220. The highest BCUT2D eigenvalue weighted by atomic mass is 16.6. The maximum absolute atomic E-state index is 12.4. The van der Waals surface area contributed by atoms with Crippen molar-refractivity contribution in [1.29, 1.82) is 0 Å². The number of fused-ring (bicyclic) bond motifs is 1. The Hall–Kier alpha value is -3.49. The topological polar surface area (TPSA) is 98.1 Å². The van der Waals surface area contributed by atoms with E-state index in [1.165, 1.54) is 0 Å². The van der Waals surface area contributed by atoms with E-state index in [2.05, 4.69) is 25.5 Å². The normalized spacial score (nSPS) is 13.6. The van der Waals surface area contributed by atoms with Crippen molar-refractivity contribution in [2.45, 2.75) is 45.9 Å². The molecule has 30 heavy (non-hydrogen) atoms. The third-order valence-corrected chi connectivity index (χ3v) is 4.60. The molecule has 9 nitrogen and oxygen atoms in total. The van der Waals surface area contributed by atoms with Gasteiger partial charge in [-0.3, -0.25) is 0 Å². The van der Waals surface area contributed by atoms with Crippen molar-refractivity contribution in [2.75, 3.05) is 11.9 Å². The quantitative estimate of drug-likeness (QED) is 0.709. The van der Waals surface area contributed by atoms with E-state index in [0.29, 0.717) is 32.0 Å². The van der Waals surface area contributed by atoms with Gasteiger partial charge < -0.3 is 15.0 Å². The number of hydrogen-bond acceptors (Lipinski definition) is 7. The van der Waals surface area contributed by atoms with Crippen LogP contribution >= 0.6 is 0 Å². The van der Waals surface area contributed by atoms with Crippen molar-refractivity contribution >= 4 is 17.7 Å². The SMILES string of the molecule is CC(C)(C)OC(=O)N1CCc2cnc(Nc3ccc(Cn4nccn4)cc3)nc2C1. The number of nitrogens with zero attached hydrogens (tertiary/aromatic N) is 6. The first-order valence-electron chi connectivity index (χ1n) is 9.88. The lowest BCUT2D eigenvalue weighted by Crippen LogP contribution is -2.40. The molecule has 0 saturated carbocycles. The molecule has 0 radical (unpaired) electrons. The van der Waals surface area contributed by atoms with E-state index >= 15 is 0 Å². The Labute approximate surface area is 175 Å². The third kappa shape index (κ3) is 4.91. The summed E-state index contributed by atoms with van der Waals surface area (Å²) >= 11 is 0. The number of anilines is 2. The molecular weight excluding hydrogens is 382 g/mol. The Morgan fingerprint density at radius 1 is 1.17 bits per heavy atom. The lowest BCUT2D eigenvalue weighted by atomic mass is 10.1. The number of ether oxygens (including phenoxy) is 1. The first-order chi connectivity index (χ1) is 14.4. The summed E-state index contributed by atoms with van der Waals surface area (Å²) in [6, 6.07) is 7.95. The number of rotatable bonds is 4. The molecule has 4 rings (SSSR count). The number of benzene rings is 1. The molecule has 1 N–H and O–H groups in total. The van der Waals surface area contributed by atoms with Gasteiger partial charge in [0, 0.05) is 18.4 Å². The van der Waals surface area contributed by atoms with Crippen molar-refractivity contribution in [1.82, 2.24) is 29.9 Å². The second-order valence-electron chi connectivity index (χ2n) is 8.20. The van der Waals surface area contributed by atoms with E-state index < -0.39 is 5.60 Å². The molecule has 0 spiro atoms. The highest BCUT2D eigenvalue weighted by molar-refractivity contribution is 5.68. The summed E-state index contributed by atoms with van der Waals surface area (Å²) in [5.74, 6) is 0.501. The van der Waals surface area contributed by atoms with Gasteiger partial charge in [-0.25, -0.2) is 14.8 Å². The van der Waals surface area contributed by atoms with Crippen molar-refractivity contribution < 1.29 is 9.53 Å². The molecule has 0 aliphatic carbocycles. The number of nitrogens with one attached hydrogen (secondary N) is 1. The zero-order valence-electron chi connectivity index (χ0n) is 17.4. The molecule has 156 valence electrons. The molecular formula is C21H25N7O2. The number of carbonyl (C=O) groups is 1. The first kappa shape index (κ1) is 19.8. The molecule has 1 aliphatic heterocycles. The van der Waals surface area contributed by atoms with Gasteiger partial charge in [0.1, 0.15) is 5.60 Å². The Bertz CT molecular complexity index is 1010. The molecule has 1 aromatic carbocycles. The van der Waals surface area contributed by atoms with E-state index in [-0.39, 0.29) is 6.09 Å².